The van der Waals surface area contributed by atoms with Crippen molar-refractivity contribution in [2.75, 3.05) is 25.6 Å². The lowest BCUT2D eigenvalue weighted by molar-refractivity contribution is 0.0226. The van der Waals surface area contributed by atoms with Crippen LogP contribution in [0.5, 0.6) is 0 Å². The first-order chi connectivity index (χ1) is 9.29. The van der Waals surface area contributed by atoms with Crippen LogP contribution in [0.2, 0.25) is 0 Å². The van der Waals surface area contributed by atoms with E-state index in [4.69, 9.17) is 14.7 Å². The number of hydrogen-bond donors (Lipinski definition) is 0. The van der Waals surface area contributed by atoms with Crippen LogP contribution in [0.15, 0.2) is 23.1 Å². The fourth-order valence-corrected chi connectivity index (χ4v) is 2.67. The molecule has 0 aromatic heterocycles. The van der Waals surface area contributed by atoms with Gasteiger partial charge in [0.15, 0.2) is 0 Å². The molecule has 0 saturated carbocycles. The van der Waals surface area contributed by atoms with Crippen molar-refractivity contribution >= 4 is 11.8 Å². The minimum absolute atomic E-state index is 0.233. The Morgan fingerprint density at radius 3 is 3.11 bits per heavy atom. The zero-order chi connectivity index (χ0) is 13.5. The lowest BCUT2D eigenvalue weighted by atomic mass is 10.2. The van der Waals surface area contributed by atoms with Crippen LogP contribution in [0.4, 0.5) is 4.39 Å². The summed E-state index contributed by atoms with van der Waals surface area (Å²) in [5.41, 5.74) is 0.344. The molecule has 0 spiro atoms. The molecule has 1 saturated heterocycles. The van der Waals surface area contributed by atoms with Gasteiger partial charge in [-0.1, -0.05) is 0 Å². The van der Waals surface area contributed by atoms with Gasteiger partial charge in [-0.15, -0.1) is 11.8 Å². The zero-order valence-corrected chi connectivity index (χ0v) is 11.4. The van der Waals surface area contributed by atoms with E-state index in [-0.39, 0.29) is 11.9 Å². The van der Waals surface area contributed by atoms with Crippen LogP contribution in [0.1, 0.15) is 18.4 Å². The smallest absolute Gasteiger partial charge is 0.138 e. The number of nitrogens with zero attached hydrogens (tertiary/aromatic N) is 1. The van der Waals surface area contributed by atoms with Crippen molar-refractivity contribution in [3.05, 3.63) is 29.6 Å². The van der Waals surface area contributed by atoms with Gasteiger partial charge in [-0.05, 0) is 31.0 Å². The number of nitriles is 1. The average Bonchev–Trinajstić information content (AvgIpc) is 2.93. The number of hydrogen-bond acceptors (Lipinski definition) is 4. The molecule has 2 rings (SSSR count). The molecule has 0 amide bonds. The van der Waals surface area contributed by atoms with Gasteiger partial charge in [-0.25, -0.2) is 4.39 Å². The Morgan fingerprint density at radius 2 is 2.42 bits per heavy atom. The van der Waals surface area contributed by atoms with Crippen LogP contribution >= 0.6 is 11.8 Å². The molecule has 1 fully saturated rings. The summed E-state index contributed by atoms with van der Waals surface area (Å²) in [5, 5.41) is 8.65. The maximum Gasteiger partial charge on any atom is 0.138 e. The molecule has 1 heterocycles. The summed E-state index contributed by atoms with van der Waals surface area (Å²) in [6, 6.07) is 6.44. The van der Waals surface area contributed by atoms with E-state index in [1.54, 1.807) is 12.1 Å². The minimum atomic E-state index is -0.344. The summed E-state index contributed by atoms with van der Waals surface area (Å²) in [5.74, 6) is 0.346. The van der Waals surface area contributed by atoms with E-state index in [9.17, 15) is 4.39 Å². The van der Waals surface area contributed by atoms with Crippen molar-refractivity contribution in [3.63, 3.8) is 0 Å². The van der Waals surface area contributed by atoms with Crippen molar-refractivity contribution < 1.29 is 13.9 Å². The third-order valence-corrected chi connectivity index (χ3v) is 3.89. The van der Waals surface area contributed by atoms with Crippen LogP contribution < -0.4 is 0 Å². The molecule has 1 aromatic rings. The highest BCUT2D eigenvalue weighted by molar-refractivity contribution is 7.99. The van der Waals surface area contributed by atoms with E-state index >= 15 is 0 Å². The summed E-state index contributed by atoms with van der Waals surface area (Å²) >= 11 is 1.40. The zero-order valence-electron chi connectivity index (χ0n) is 10.6. The quantitative estimate of drug-likeness (QED) is 0.594. The van der Waals surface area contributed by atoms with E-state index < -0.39 is 0 Å². The molecule has 1 aromatic carbocycles. The van der Waals surface area contributed by atoms with E-state index in [0.29, 0.717) is 29.4 Å². The van der Waals surface area contributed by atoms with Crippen LogP contribution in [0.3, 0.4) is 0 Å². The summed E-state index contributed by atoms with van der Waals surface area (Å²) in [4.78, 5) is 0.555. The molecule has 0 bridgehead atoms. The van der Waals surface area contributed by atoms with Crippen molar-refractivity contribution in [2.45, 2.75) is 23.8 Å². The highest BCUT2D eigenvalue weighted by Crippen LogP contribution is 2.22. The first-order valence-corrected chi connectivity index (χ1v) is 7.30. The van der Waals surface area contributed by atoms with Gasteiger partial charge >= 0.3 is 0 Å². The second kappa shape index (κ2) is 7.49. The second-order valence-electron chi connectivity index (χ2n) is 4.32. The second-order valence-corrected chi connectivity index (χ2v) is 5.45. The highest BCUT2D eigenvalue weighted by atomic mass is 32.2. The lowest BCUT2D eigenvalue weighted by Gasteiger charge is -2.10. The van der Waals surface area contributed by atoms with Gasteiger partial charge in [0.1, 0.15) is 5.82 Å². The van der Waals surface area contributed by atoms with Gasteiger partial charge < -0.3 is 9.47 Å². The maximum atomic E-state index is 13.6. The Balaban J connectivity index is 1.66. The van der Waals surface area contributed by atoms with Gasteiger partial charge in [0.05, 0.1) is 31.0 Å². The molecule has 0 unspecified atom stereocenters. The van der Waals surface area contributed by atoms with E-state index in [1.807, 2.05) is 6.07 Å². The van der Waals surface area contributed by atoms with Crippen LogP contribution in [0.25, 0.3) is 0 Å². The van der Waals surface area contributed by atoms with E-state index in [2.05, 4.69) is 0 Å². The Kier molecular flexibility index (Phi) is 5.64. The molecule has 102 valence electrons. The van der Waals surface area contributed by atoms with Gasteiger partial charge in [0.25, 0.3) is 0 Å². The van der Waals surface area contributed by atoms with Crippen LogP contribution in [-0.4, -0.2) is 31.7 Å². The van der Waals surface area contributed by atoms with Gasteiger partial charge in [0, 0.05) is 17.3 Å². The molecular formula is C14H16FNO2S. The molecule has 5 heteroatoms. The molecule has 1 aliphatic heterocycles. The number of thioether (sulfide) groups is 1. The fraction of sp³-hybridized carbons (Fsp3) is 0.500. The Hall–Kier alpha value is -1.09. The lowest BCUT2D eigenvalue weighted by Crippen LogP contribution is -2.15. The van der Waals surface area contributed by atoms with Gasteiger partial charge in [-0.2, -0.15) is 5.26 Å². The molecule has 0 aliphatic carbocycles. The summed E-state index contributed by atoms with van der Waals surface area (Å²) < 4.78 is 24.5. The van der Waals surface area contributed by atoms with Crippen LogP contribution in [0, 0.1) is 17.1 Å². The molecule has 0 N–H and O–H groups in total. The van der Waals surface area contributed by atoms with E-state index in [1.165, 1.54) is 17.8 Å². The Bertz CT molecular complexity index is 455. The van der Waals surface area contributed by atoms with Crippen molar-refractivity contribution in [2.24, 2.45) is 0 Å². The van der Waals surface area contributed by atoms with E-state index in [0.717, 1.165) is 19.4 Å². The summed E-state index contributed by atoms with van der Waals surface area (Å²) in [6.45, 7) is 2.03. The standard InChI is InChI=1S/C14H16FNO2S/c15-13-8-11(9-16)3-4-14(13)19-7-6-17-10-12-2-1-5-18-12/h3-4,8,12H,1-2,5-7,10H2/t12-/m0/s1. The molecule has 1 aliphatic rings. The monoisotopic (exact) mass is 281 g/mol. The summed E-state index contributed by atoms with van der Waals surface area (Å²) in [7, 11) is 0. The molecular weight excluding hydrogens is 265 g/mol. The molecule has 1 atom stereocenters. The number of rotatable bonds is 6. The maximum absolute atomic E-state index is 13.6. The Morgan fingerprint density at radius 1 is 1.53 bits per heavy atom. The van der Waals surface area contributed by atoms with Gasteiger partial charge in [0.2, 0.25) is 0 Å². The predicted octanol–water partition coefficient (Wildman–Crippen LogP) is 2.99. The highest BCUT2D eigenvalue weighted by Gasteiger charge is 2.15. The SMILES string of the molecule is N#Cc1ccc(SCCOC[C@@H]2CCCO2)c(F)c1. The molecule has 3 nitrogen and oxygen atoms in total. The first-order valence-electron chi connectivity index (χ1n) is 6.31. The van der Waals surface area contributed by atoms with Gasteiger partial charge in [-0.3, -0.25) is 0 Å². The number of ether oxygens (including phenoxy) is 2. The van der Waals surface area contributed by atoms with Crippen molar-refractivity contribution in [1.82, 2.24) is 0 Å². The average molecular weight is 281 g/mol. The Labute approximate surface area is 116 Å². The fourth-order valence-electron chi connectivity index (χ4n) is 1.89. The topological polar surface area (TPSA) is 42.2 Å². The predicted molar refractivity (Wildman–Crippen MR) is 71.6 cm³/mol. The van der Waals surface area contributed by atoms with Crippen LogP contribution in [-0.2, 0) is 9.47 Å². The largest absolute Gasteiger partial charge is 0.378 e. The summed E-state index contributed by atoms with van der Waals surface area (Å²) in [6.07, 6.45) is 2.41. The molecule has 0 radical (unpaired) electrons. The normalized spacial score (nSPS) is 18.4. The van der Waals surface area contributed by atoms with Crippen molar-refractivity contribution in [3.8, 4) is 6.07 Å². The number of halogens is 1. The minimum Gasteiger partial charge on any atom is -0.378 e. The third-order valence-electron chi connectivity index (χ3n) is 2.87. The molecule has 19 heavy (non-hydrogen) atoms. The number of benzene rings is 1. The third kappa shape index (κ3) is 4.50. The van der Waals surface area contributed by atoms with Crippen molar-refractivity contribution in [1.29, 1.82) is 5.26 Å². The first kappa shape index (κ1) is 14.3.